The molecule has 6 aromatic rings. The number of rotatable bonds is 11. The topological polar surface area (TPSA) is 157 Å². The van der Waals surface area contributed by atoms with Gasteiger partial charge in [0.2, 0.25) is 15.9 Å². The molecule has 0 radical (unpaired) electrons. The summed E-state index contributed by atoms with van der Waals surface area (Å²) >= 11 is 0. The number of amides is 2. The zero-order valence-corrected chi connectivity index (χ0v) is 36.5. The number of likely N-dealkylation sites (tertiary alicyclic amines) is 1. The van der Waals surface area contributed by atoms with Gasteiger partial charge in [0.25, 0.3) is 0 Å². The second kappa shape index (κ2) is 17.6. The number of carbonyl (C=O) groups excluding carboxylic acids is 2. The van der Waals surface area contributed by atoms with Crippen molar-refractivity contribution in [1.82, 2.24) is 38.9 Å². The quantitative estimate of drug-likeness (QED) is 0.134. The van der Waals surface area contributed by atoms with Crippen LogP contribution in [0, 0.1) is 0 Å². The molecular weight excluding hydrogens is 817 g/mol. The van der Waals surface area contributed by atoms with Crippen molar-refractivity contribution in [2.45, 2.75) is 56.1 Å². The molecule has 5 heterocycles. The number of aromatic amines is 2. The fraction of sp³-hybridized carbons (Fsp3) is 0.333. The number of imidazole rings is 2. The zero-order chi connectivity index (χ0) is 43.7. The first-order valence-electron chi connectivity index (χ1n) is 21.4. The van der Waals surface area contributed by atoms with Crippen molar-refractivity contribution in [1.29, 1.82) is 0 Å². The summed E-state index contributed by atoms with van der Waals surface area (Å²) in [5.41, 5.74) is 6.51. The maximum absolute atomic E-state index is 14.0. The Morgan fingerprint density at radius 1 is 0.778 bits per heavy atom. The van der Waals surface area contributed by atoms with Gasteiger partial charge in [-0.15, -0.1) is 0 Å². The molecule has 3 aliphatic rings. The first-order valence-corrected chi connectivity index (χ1v) is 23.2. The van der Waals surface area contributed by atoms with E-state index in [2.05, 4.69) is 46.4 Å². The number of hydrogen-bond donors (Lipinski definition) is 2. The molecule has 63 heavy (non-hydrogen) atoms. The Morgan fingerprint density at radius 2 is 1.32 bits per heavy atom. The Hall–Kier alpha value is -6.13. The minimum atomic E-state index is -3.39. The van der Waals surface area contributed by atoms with E-state index < -0.39 is 27.9 Å². The van der Waals surface area contributed by atoms with Crippen LogP contribution >= 0.6 is 0 Å². The van der Waals surface area contributed by atoms with Gasteiger partial charge < -0.3 is 24.3 Å². The molecule has 4 aromatic carbocycles. The Morgan fingerprint density at radius 3 is 1.87 bits per heavy atom. The van der Waals surface area contributed by atoms with E-state index in [1.165, 1.54) is 10.6 Å². The number of ether oxygens (including phenoxy) is 2. The van der Waals surface area contributed by atoms with E-state index in [1.807, 2.05) is 103 Å². The third-order valence-electron chi connectivity index (χ3n) is 12.6. The second-order valence-corrected chi connectivity index (χ2v) is 18.8. The molecule has 0 saturated carbocycles. The number of piperidine rings is 1. The van der Waals surface area contributed by atoms with Crippen LogP contribution < -0.4 is 0 Å². The molecule has 3 fully saturated rings. The van der Waals surface area contributed by atoms with Crippen molar-refractivity contribution in [3.05, 3.63) is 144 Å². The van der Waals surface area contributed by atoms with Crippen LogP contribution in [0.3, 0.4) is 0 Å². The average Bonchev–Trinajstić information content (AvgIpc) is 4.14. The normalized spacial score (nSPS) is 19.5. The van der Waals surface area contributed by atoms with Gasteiger partial charge >= 0.3 is 6.09 Å². The fourth-order valence-electron chi connectivity index (χ4n) is 9.26. The van der Waals surface area contributed by atoms with Crippen molar-refractivity contribution in [2.24, 2.45) is 0 Å². The van der Waals surface area contributed by atoms with E-state index in [0.29, 0.717) is 25.2 Å². The Bertz CT molecular complexity index is 2640. The summed E-state index contributed by atoms with van der Waals surface area (Å²) < 4.78 is 38.3. The number of aromatic nitrogens is 4. The van der Waals surface area contributed by atoms with Crippen LogP contribution in [0.4, 0.5) is 4.79 Å². The molecular formula is C48H52N8O6S. The zero-order valence-electron chi connectivity index (χ0n) is 35.7. The monoisotopic (exact) mass is 868 g/mol. The standard InChI is InChI=1S/C48H52N8O6S/c1-53(2)43(38-13-8-5-9-14-38)46(57)55-26-10-15-41(55)44-49-29-39(51-44)36-20-16-34(17-21-36)35-18-22-37(23-19-35)40-30-50-45(52-40)42-32-62-48(24-27-54(28-25-48)63(3,59)60)56(42)47(58)61-31-33-11-6-4-7-12-33/h4-9,11-14,16-23,29-30,41-43H,10,15,24-28,31-32H2,1-3H3,(H,49,51)(H,50,52)/t41-,42-,43+/m0/s1. The summed E-state index contributed by atoms with van der Waals surface area (Å²) in [6, 6.07) is 34.9. The number of benzene rings is 4. The lowest BCUT2D eigenvalue weighted by molar-refractivity contribution is -0.137. The largest absolute Gasteiger partial charge is 0.444 e. The third-order valence-corrected chi connectivity index (χ3v) is 13.9. The third kappa shape index (κ3) is 8.65. The van der Waals surface area contributed by atoms with Crippen molar-refractivity contribution in [2.75, 3.05) is 46.6 Å². The van der Waals surface area contributed by atoms with Crippen LogP contribution in [0.1, 0.15) is 66.6 Å². The van der Waals surface area contributed by atoms with E-state index in [9.17, 15) is 18.0 Å². The predicted molar refractivity (Wildman–Crippen MR) is 239 cm³/mol. The highest BCUT2D eigenvalue weighted by atomic mass is 32.2. The van der Waals surface area contributed by atoms with Crippen LogP contribution in [0.15, 0.2) is 122 Å². The van der Waals surface area contributed by atoms with Gasteiger partial charge in [-0.2, -0.15) is 0 Å². The van der Waals surface area contributed by atoms with E-state index in [1.54, 1.807) is 11.1 Å². The molecule has 0 aliphatic carbocycles. The van der Waals surface area contributed by atoms with Crippen LogP contribution in [0.25, 0.3) is 33.6 Å². The lowest BCUT2D eigenvalue weighted by Gasteiger charge is -2.43. The van der Waals surface area contributed by atoms with Gasteiger partial charge in [0.1, 0.15) is 36.1 Å². The molecule has 2 amide bonds. The van der Waals surface area contributed by atoms with Gasteiger partial charge in [-0.25, -0.2) is 27.5 Å². The van der Waals surface area contributed by atoms with E-state index >= 15 is 0 Å². The highest BCUT2D eigenvalue weighted by molar-refractivity contribution is 7.88. The molecule has 326 valence electrons. The molecule has 0 bridgehead atoms. The van der Waals surface area contributed by atoms with Gasteiger partial charge in [-0.05, 0) is 60.3 Å². The van der Waals surface area contributed by atoms with Crippen molar-refractivity contribution in [3.8, 4) is 33.6 Å². The summed E-state index contributed by atoms with van der Waals surface area (Å²) in [6.45, 7) is 1.43. The predicted octanol–water partition coefficient (Wildman–Crippen LogP) is 7.56. The molecule has 3 saturated heterocycles. The molecule has 14 nitrogen and oxygen atoms in total. The minimum Gasteiger partial charge on any atom is -0.444 e. The summed E-state index contributed by atoms with van der Waals surface area (Å²) in [6.07, 6.45) is 6.66. The van der Waals surface area contributed by atoms with E-state index in [0.717, 1.165) is 63.4 Å². The molecule has 2 aromatic heterocycles. The van der Waals surface area contributed by atoms with Gasteiger partial charge in [0.05, 0.1) is 42.7 Å². The number of likely N-dealkylation sites (N-methyl/N-ethyl adjacent to an activating group) is 1. The van der Waals surface area contributed by atoms with Gasteiger partial charge in [0, 0.05) is 32.5 Å². The Balaban J connectivity index is 0.876. The van der Waals surface area contributed by atoms with Crippen LogP contribution in [-0.4, -0.2) is 112 Å². The van der Waals surface area contributed by atoms with Crippen molar-refractivity contribution in [3.63, 3.8) is 0 Å². The molecule has 1 spiro atoms. The van der Waals surface area contributed by atoms with Gasteiger partial charge in [-0.3, -0.25) is 14.6 Å². The maximum atomic E-state index is 14.0. The summed E-state index contributed by atoms with van der Waals surface area (Å²) in [4.78, 5) is 49.9. The first-order chi connectivity index (χ1) is 30.5. The van der Waals surface area contributed by atoms with Crippen molar-refractivity contribution < 1.29 is 27.5 Å². The molecule has 3 atom stereocenters. The summed E-state index contributed by atoms with van der Waals surface area (Å²) in [5.74, 6) is 1.44. The summed E-state index contributed by atoms with van der Waals surface area (Å²) in [5, 5.41) is 0. The smallest absolute Gasteiger partial charge is 0.413 e. The fourth-order valence-corrected chi connectivity index (χ4v) is 10.1. The summed E-state index contributed by atoms with van der Waals surface area (Å²) in [7, 11) is 0.502. The molecule has 9 rings (SSSR count). The first kappa shape index (κ1) is 42.2. The van der Waals surface area contributed by atoms with Gasteiger partial charge in [-0.1, -0.05) is 109 Å². The molecule has 0 unspecified atom stereocenters. The van der Waals surface area contributed by atoms with Crippen LogP contribution in [-0.2, 0) is 30.9 Å². The van der Waals surface area contributed by atoms with Crippen LogP contribution in [0.5, 0.6) is 0 Å². The number of hydrogen-bond acceptors (Lipinski definition) is 9. The molecule has 3 aliphatic heterocycles. The molecule has 2 N–H and O–H groups in total. The Labute approximate surface area is 367 Å². The number of sulfonamides is 1. The highest BCUT2D eigenvalue weighted by Crippen LogP contribution is 2.44. The lowest BCUT2D eigenvalue weighted by atomic mass is 10.00. The van der Waals surface area contributed by atoms with Gasteiger partial charge in [0.15, 0.2) is 0 Å². The van der Waals surface area contributed by atoms with E-state index in [-0.39, 0.29) is 44.3 Å². The number of H-pyrrole nitrogens is 2. The SMILES string of the molecule is CN(C)[C@@H](C(=O)N1CCC[C@H]1c1ncc(-c2ccc(-c3ccc(-c4cnc([C@@H]5COC6(CCN(S(C)(=O)=O)CC6)N5C(=O)OCc5ccccc5)[nH]4)cc3)cc2)[nH]1)c1ccccc1. The molecule has 15 heteroatoms. The number of carbonyl (C=O) groups is 2. The maximum Gasteiger partial charge on any atom is 0.413 e. The van der Waals surface area contributed by atoms with E-state index in [4.69, 9.17) is 19.4 Å². The lowest BCUT2D eigenvalue weighted by Crippen LogP contribution is -2.56. The minimum absolute atomic E-state index is 0.0840. The number of nitrogens with zero attached hydrogens (tertiary/aromatic N) is 6. The van der Waals surface area contributed by atoms with Crippen LogP contribution in [0.2, 0.25) is 0 Å². The Kier molecular flexibility index (Phi) is 11.8. The average molecular weight is 869 g/mol. The number of nitrogens with one attached hydrogen (secondary N) is 2. The highest BCUT2D eigenvalue weighted by Gasteiger charge is 2.54. The second-order valence-electron chi connectivity index (χ2n) is 16.8. The van der Waals surface area contributed by atoms with Crippen molar-refractivity contribution >= 4 is 22.0 Å².